The van der Waals surface area contributed by atoms with Gasteiger partial charge in [0.25, 0.3) is 5.56 Å². The minimum absolute atomic E-state index is 0.104. The summed E-state index contributed by atoms with van der Waals surface area (Å²) >= 11 is 0. The van der Waals surface area contributed by atoms with Crippen molar-refractivity contribution < 1.29 is 9.47 Å². The Morgan fingerprint density at radius 2 is 2.03 bits per heavy atom. The summed E-state index contributed by atoms with van der Waals surface area (Å²) < 4.78 is 13.2. The lowest BCUT2D eigenvalue weighted by molar-refractivity contribution is 0.0205. The monoisotopic (exact) mass is 424 g/mol. The number of rotatable bonds is 5. The Hall–Kier alpha value is -2.62. The maximum atomic E-state index is 13.3. The van der Waals surface area contributed by atoms with Gasteiger partial charge in [-0.15, -0.1) is 5.10 Å². The first-order valence-electron chi connectivity index (χ1n) is 10.9. The molecule has 0 spiro atoms. The van der Waals surface area contributed by atoms with E-state index in [-0.39, 0.29) is 17.7 Å². The fourth-order valence-corrected chi connectivity index (χ4v) is 4.76. The van der Waals surface area contributed by atoms with E-state index in [4.69, 9.17) is 9.47 Å². The Kier molecular flexibility index (Phi) is 5.56. The van der Waals surface area contributed by atoms with Crippen molar-refractivity contribution in [2.24, 2.45) is 0 Å². The maximum Gasteiger partial charge on any atom is 0.253 e. The van der Waals surface area contributed by atoms with Gasteiger partial charge in [0, 0.05) is 25.3 Å². The van der Waals surface area contributed by atoms with Crippen LogP contribution in [0, 0.1) is 13.8 Å². The summed E-state index contributed by atoms with van der Waals surface area (Å²) in [5.74, 6) is 0.673. The molecular weight excluding hydrogens is 396 g/mol. The molecule has 0 bridgehead atoms. The Morgan fingerprint density at radius 3 is 2.81 bits per heavy atom. The van der Waals surface area contributed by atoms with E-state index in [2.05, 4.69) is 44.5 Å². The summed E-state index contributed by atoms with van der Waals surface area (Å²) in [5.41, 5.74) is 3.64. The van der Waals surface area contributed by atoms with Gasteiger partial charge in [0.2, 0.25) is 0 Å². The molecule has 0 unspecified atom stereocenters. The van der Waals surface area contributed by atoms with Crippen molar-refractivity contribution in [3.63, 3.8) is 0 Å². The second-order valence-electron chi connectivity index (χ2n) is 8.50. The number of tetrazole rings is 1. The normalized spacial score (nSPS) is 21.0. The number of hydrogen-bond donors (Lipinski definition) is 1. The van der Waals surface area contributed by atoms with Crippen molar-refractivity contribution in [2.45, 2.75) is 45.4 Å². The molecule has 31 heavy (non-hydrogen) atoms. The second-order valence-corrected chi connectivity index (χ2v) is 8.50. The molecule has 0 saturated carbocycles. The van der Waals surface area contributed by atoms with E-state index >= 15 is 0 Å². The number of benzene rings is 1. The van der Waals surface area contributed by atoms with Crippen LogP contribution in [-0.2, 0) is 16.0 Å². The molecule has 4 heterocycles. The molecule has 2 aromatic heterocycles. The summed E-state index contributed by atoms with van der Waals surface area (Å²) in [7, 11) is 0. The summed E-state index contributed by atoms with van der Waals surface area (Å²) in [6, 6.07) is 5.83. The van der Waals surface area contributed by atoms with Gasteiger partial charge in [-0.1, -0.05) is 11.6 Å². The molecule has 3 aromatic rings. The van der Waals surface area contributed by atoms with Gasteiger partial charge in [-0.3, -0.25) is 9.69 Å². The predicted molar refractivity (Wildman–Crippen MR) is 115 cm³/mol. The van der Waals surface area contributed by atoms with Crippen LogP contribution in [0.2, 0.25) is 0 Å². The standard InChI is InChI=1S/C22H28N6O3/c1-14-10-15(2)19-16(11-14)12-18(22(29)23-19)20(27-5-8-30-9-6-27)21-24-25-26-28(21)13-17-4-3-7-31-17/h10-12,17,20H,3-9,13H2,1-2H3,(H,23,29)/t17-,20+/m1/s1. The topological polar surface area (TPSA) is 98.2 Å². The number of nitrogens with one attached hydrogen (secondary N) is 1. The zero-order chi connectivity index (χ0) is 21.4. The van der Waals surface area contributed by atoms with Crippen LogP contribution in [0.4, 0.5) is 0 Å². The van der Waals surface area contributed by atoms with Crippen molar-refractivity contribution in [1.29, 1.82) is 0 Å². The van der Waals surface area contributed by atoms with E-state index in [9.17, 15) is 4.79 Å². The van der Waals surface area contributed by atoms with Gasteiger partial charge in [-0.25, -0.2) is 4.68 Å². The molecule has 2 atom stereocenters. The zero-order valence-electron chi connectivity index (χ0n) is 18.0. The van der Waals surface area contributed by atoms with Crippen LogP contribution in [0.1, 0.15) is 41.4 Å². The predicted octanol–water partition coefficient (Wildman–Crippen LogP) is 1.73. The van der Waals surface area contributed by atoms with Crippen LogP contribution in [0.15, 0.2) is 23.0 Å². The van der Waals surface area contributed by atoms with Gasteiger partial charge in [-0.2, -0.15) is 0 Å². The number of aryl methyl sites for hydroxylation is 2. The number of pyridine rings is 1. The highest BCUT2D eigenvalue weighted by molar-refractivity contribution is 5.83. The van der Waals surface area contributed by atoms with Crippen LogP contribution in [0.25, 0.3) is 10.9 Å². The SMILES string of the molecule is Cc1cc(C)c2[nH]c(=O)c([C@@H](c3nnnn3C[C@H]3CCCO3)N3CCOCC3)cc2c1. The Bertz CT molecular complexity index is 1130. The van der Waals surface area contributed by atoms with Gasteiger partial charge in [-0.05, 0) is 60.2 Å². The number of ether oxygens (including phenoxy) is 2. The number of H-pyrrole nitrogens is 1. The zero-order valence-corrected chi connectivity index (χ0v) is 18.0. The van der Waals surface area contributed by atoms with Gasteiger partial charge in [0.1, 0.15) is 6.04 Å². The van der Waals surface area contributed by atoms with E-state index in [0.29, 0.717) is 44.2 Å². The van der Waals surface area contributed by atoms with E-state index in [1.807, 2.05) is 13.0 Å². The fourth-order valence-electron chi connectivity index (χ4n) is 4.76. The van der Waals surface area contributed by atoms with E-state index < -0.39 is 0 Å². The molecule has 2 aliphatic heterocycles. The molecule has 1 aromatic carbocycles. The van der Waals surface area contributed by atoms with Crippen molar-refractivity contribution >= 4 is 10.9 Å². The van der Waals surface area contributed by atoms with Crippen molar-refractivity contribution in [2.75, 3.05) is 32.9 Å². The fraction of sp³-hybridized carbons (Fsp3) is 0.545. The molecule has 2 aliphatic rings. The Labute approximate surface area is 180 Å². The highest BCUT2D eigenvalue weighted by Gasteiger charge is 2.32. The molecule has 0 amide bonds. The van der Waals surface area contributed by atoms with E-state index in [1.54, 1.807) is 4.68 Å². The minimum Gasteiger partial charge on any atom is -0.379 e. The van der Waals surface area contributed by atoms with Gasteiger partial charge < -0.3 is 14.5 Å². The van der Waals surface area contributed by atoms with Crippen molar-refractivity contribution in [3.8, 4) is 0 Å². The molecule has 9 heteroatoms. The highest BCUT2D eigenvalue weighted by Crippen LogP contribution is 2.29. The summed E-state index contributed by atoms with van der Waals surface area (Å²) in [6.07, 6.45) is 2.15. The number of nitrogens with zero attached hydrogens (tertiary/aromatic N) is 5. The second kappa shape index (κ2) is 8.49. The van der Waals surface area contributed by atoms with Gasteiger partial charge >= 0.3 is 0 Å². The first-order valence-corrected chi connectivity index (χ1v) is 10.9. The average Bonchev–Trinajstić information content (AvgIpc) is 3.43. The first-order chi connectivity index (χ1) is 15.1. The number of aromatic amines is 1. The molecule has 164 valence electrons. The third kappa shape index (κ3) is 4.00. The third-order valence-electron chi connectivity index (χ3n) is 6.23. The van der Waals surface area contributed by atoms with Crippen LogP contribution in [0.3, 0.4) is 0 Å². The van der Waals surface area contributed by atoms with Crippen LogP contribution in [-0.4, -0.2) is 69.1 Å². The van der Waals surface area contributed by atoms with Crippen LogP contribution < -0.4 is 5.56 Å². The summed E-state index contributed by atoms with van der Waals surface area (Å²) in [4.78, 5) is 18.6. The molecule has 0 radical (unpaired) electrons. The number of aromatic nitrogens is 5. The lowest BCUT2D eigenvalue weighted by atomic mass is 10.0. The largest absolute Gasteiger partial charge is 0.379 e. The molecular formula is C22H28N6O3. The summed E-state index contributed by atoms with van der Waals surface area (Å²) in [6.45, 7) is 8.11. The molecule has 9 nitrogen and oxygen atoms in total. The first kappa shape index (κ1) is 20.3. The quantitative estimate of drug-likeness (QED) is 0.666. The van der Waals surface area contributed by atoms with E-state index in [0.717, 1.165) is 41.5 Å². The third-order valence-corrected chi connectivity index (χ3v) is 6.23. The molecule has 2 saturated heterocycles. The number of morpholine rings is 1. The van der Waals surface area contributed by atoms with Crippen LogP contribution in [0.5, 0.6) is 0 Å². The molecule has 1 N–H and O–H groups in total. The van der Waals surface area contributed by atoms with Gasteiger partial charge in [0.05, 0.1) is 31.4 Å². The number of fused-ring (bicyclic) bond motifs is 1. The average molecular weight is 425 g/mol. The summed E-state index contributed by atoms with van der Waals surface area (Å²) in [5, 5.41) is 13.6. The maximum absolute atomic E-state index is 13.3. The van der Waals surface area contributed by atoms with E-state index in [1.165, 1.54) is 0 Å². The lowest BCUT2D eigenvalue weighted by Gasteiger charge is -2.33. The van der Waals surface area contributed by atoms with Crippen LogP contribution >= 0.6 is 0 Å². The smallest absolute Gasteiger partial charge is 0.253 e. The highest BCUT2D eigenvalue weighted by atomic mass is 16.5. The molecule has 2 fully saturated rings. The minimum atomic E-state index is -0.353. The Balaban J connectivity index is 1.62. The van der Waals surface area contributed by atoms with Crippen molar-refractivity contribution in [3.05, 3.63) is 51.1 Å². The molecule has 0 aliphatic carbocycles. The molecule has 5 rings (SSSR count). The van der Waals surface area contributed by atoms with Gasteiger partial charge in [0.15, 0.2) is 5.82 Å². The van der Waals surface area contributed by atoms with Crippen molar-refractivity contribution in [1.82, 2.24) is 30.1 Å². The Morgan fingerprint density at radius 1 is 1.19 bits per heavy atom. The number of hydrogen-bond acceptors (Lipinski definition) is 7. The lowest BCUT2D eigenvalue weighted by Crippen LogP contribution is -2.42.